The summed E-state index contributed by atoms with van der Waals surface area (Å²) in [5, 5.41) is 8.66. The third-order valence-corrected chi connectivity index (χ3v) is 3.11. The molecule has 0 radical (unpaired) electrons. The second-order valence-corrected chi connectivity index (χ2v) is 4.95. The van der Waals surface area contributed by atoms with Crippen LogP contribution in [0.2, 0.25) is 0 Å². The fourth-order valence-corrected chi connectivity index (χ4v) is 2.02. The van der Waals surface area contributed by atoms with Gasteiger partial charge in [0.05, 0.1) is 6.20 Å². The van der Waals surface area contributed by atoms with Crippen LogP contribution in [0.3, 0.4) is 0 Å². The van der Waals surface area contributed by atoms with Crippen molar-refractivity contribution >= 4 is 23.2 Å². The first-order valence-corrected chi connectivity index (χ1v) is 6.56. The quantitative estimate of drug-likeness (QED) is 0.774. The molecule has 0 saturated carbocycles. The van der Waals surface area contributed by atoms with Gasteiger partial charge in [-0.3, -0.25) is 4.79 Å². The van der Waals surface area contributed by atoms with Gasteiger partial charge in [-0.25, -0.2) is 19.3 Å². The van der Waals surface area contributed by atoms with E-state index < -0.39 is 0 Å². The van der Waals surface area contributed by atoms with Crippen molar-refractivity contribution in [3.63, 3.8) is 0 Å². The molecule has 0 aliphatic carbocycles. The lowest BCUT2D eigenvalue weighted by atomic mass is 10.3. The lowest BCUT2D eigenvalue weighted by molar-refractivity contribution is 0.546. The van der Waals surface area contributed by atoms with Crippen LogP contribution < -0.4 is 5.56 Å². The van der Waals surface area contributed by atoms with Crippen molar-refractivity contribution in [2.75, 3.05) is 0 Å². The highest BCUT2D eigenvalue weighted by molar-refractivity contribution is 5.75. The number of aromatic amines is 1. The highest BCUT2D eigenvalue weighted by Gasteiger charge is 2.11. The molecule has 0 atom stereocenters. The van der Waals surface area contributed by atoms with Crippen LogP contribution >= 0.6 is 0 Å². The fourth-order valence-electron chi connectivity index (χ4n) is 2.02. The van der Waals surface area contributed by atoms with Crippen LogP contribution in [-0.2, 0) is 7.05 Å². The summed E-state index contributed by atoms with van der Waals surface area (Å²) in [6.45, 7) is 3.98. The van der Waals surface area contributed by atoms with Crippen molar-refractivity contribution in [1.82, 2.24) is 34.5 Å². The van der Waals surface area contributed by atoms with E-state index in [0.29, 0.717) is 22.7 Å². The SMILES string of the molecule is CC(C)n1ncc2c(=O)[nH]c(C=Cc3ncnn3C)nc21. The Bertz CT molecular complexity index is 868. The summed E-state index contributed by atoms with van der Waals surface area (Å²) in [5.74, 6) is 1.13. The summed E-state index contributed by atoms with van der Waals surface area (Å²) in [4.78, 5) is 23.3. The first-order valence-electron chi connectivity index (χ1n) is 6.56. The third kappa shape index (κ3) is 2.35. The molecule has 0 saturated heterocycles. The Morgan fingerprint density at radius 2 is 2.10 bits per heavy atom. The van der Waals surface area contributed by atoms with Gasteiger partial charge in [0.15, 0.2) is 11.5 Å². The molecule has 0 aliphatic rings. The number of aryl methyl sites for hydroxylation is 1. The van der Waals surface area contributed by atoms with E-state index in [-0.39, 0.29) is 11.6 Å². The molecular weight excluding hydrogens is 270 g/mol. The molecule has 8 nitrogen and oxygen atoms in total. The predicted octanol–water partition coefficient (Wildman–Crippen LogP) is 0.999. The van der Waals surface area contributed by atoms with Crippen LogP contribution in [0, 0.1) is 0 Å². The van der Waals surface area contributed by atoms with E-state index in [1.54, 1.807) is 28.6 Å². The fraction of sp³-hybridized carbons (Fsp3) is 0.308. The standard InChI is InChI=1S/C13H15N7O/c1-8(2)20-12-9(6-15-20)13(21)18-10(17-12)4-5-11-14-7-16-19(11)3/h4-8H,1-3H3,(H,17,18,21). The molecule has 0 spiro atoms. The minimum Gasteiger partial charge on any atom is -0.306 e. The number of H-pyrrole nitrogens is 1. The van der Waals surface area contributed by atoms with E-state index in [1.807, 2.05) is 13.8 Å². The first kappa shape index (κ1) is 13.2. The Balaban J connectivity index is 2.07. The number of hydrogen-bond donors (Lipinski definition) is 1. The lowest BCUT2D eigenvalue weighted by Gasteiger charge is -2.05. The molecule has 3 aromatic heterocycles. The molecule has 3 heterocycles. The van der Waals surface area contributed by atoms with Crippen molar-refractivity contribution < 1.29 is 0 Å². The van der Waals surface area contributed by atoms with Gasteiger partial charge in [0.1, 0.15) is 17.5 Å². The zero-order valence-corrected chi connectivity index (χ0v) is 12.0. The van der Waals surface area contributed by atoms with E-state index in [4.69, 9.17) is 0 Å². The third-order valence-electron chi connectivity index (χ3n) is 3.11. The topological polar surface area (TPSA) is 94.3 Å². The Morgan fingerprint density at radius 3 is 2.76 bits per heavy atom. The van der Waals surface area contributed by atoms with Crippen LogP contribution in [0.4, 0.5) is 0 Å². The average Bonchev–Trinajstić information content (AvgIpc) is 3.02. The highest BCUT2D eigenvalue weighted by Crippen LogP contribution is 2.12. The lowest BCUT2D eigenvalue weighted by Crippen LogP contribution is -2.11. The van der Waals surface area contributed by atoms with Crippen LogP contribution in [0.15, 0.2) is 17.3 Å². The Hall–Kier alpha value is -2.77. The second kappa shape index (κ2) is 4.97. The van der Waals surface area contributed by atoms with Gasteiger partial charge in [-0.15, -0.1) is 0 Å². The smallest absolute Gasteiger partial charge is 0.262 e. The molecule has 0 aliphatic heterocycles. The highest BCUT2D eigenvalue weighted by atomic mass is 16.1. The maximum atomic E-state index is 12.0. The average molecular weight is 285 g/mol. The van der Waals surface area contributed by atoms with Gasteiger partial charge < -0.3 is 4.98 Å². The van der Waals surface area contributed by atoms with Gasteiger partial charge in [0, 0.05) is 13.1 Å². The van der Waals surface area contributed by atoms with E-state index in [0.717, 1.165) is 0 Å². The van der Waals surface area contributed by atoms with Crippen molar-refractivity contribution in [1.29, 1.82) is 0 Å². The zero-order chi connectivity index (χ0) is 15.0. The van der Waals surface area contributed by atoms with Crippen LogP contribution in [0.1, 0.15) is 31.5 Å². The van der Waals surface area contributed by atoms with Gasteiger partial charge in [0.2, 0.25) is 0 Å². The molecule has 0 aromatic carbocycles. The number of nitrogens with one attached hydrogen (secondary N) is 1. The minimum atomic E-state index is -0.204. The maximum Gasteiger partial charge on any atom is 0.262 e. The maximum absolute atomic E-state index is 12.0. The second-order valence-electron chi connectivity index (χ2n) is 4.95. The predicted molar refractivity (Wildman–Crippen MR) is 78.5 cm³/mol. The molecular formula is C13H15N7O. The molecule has 0 unspecified atom stereocenters. The molecule has 3 aromatic rings. The molecule has 21 heavy (non-hydrogen) atoms. The largest absolute Gasteiger partial charge is 0.306 e. The number of aromatic nitrogens is 7. The van der Waals surface area contributed by atoms with Gasteiger partial charge in [-0.05, 0) is 26.0 Å². The molecule has 1 N–H and O–H groups in total. The first-order chi connectivity index (χ1) is 10.1. The Kier molecular flexibility index (Phi) is 3.13. The van der Waals surface area contributed by atoms with E-state index >= 15 is 0 Å². The monoisotopic (exact) mass is 285 g/mol. The molecule has 0 fully saturated rings. The van der Waals surface area contributed by atoms with E-state index in [9.17, 15) is 4.79 Å². The van der Waals surface area contributed by atoms with E-state index in [2.05, 4.69) is 25.1 Å². The molecule has 108 valence electrons. The Morgan fingerprint density at radius 1 is 1.29 bits per heavy atom. The molecule has 3 rings (SSSR count). The molecule has 0 bridgehead atoms. The van der Waals surface area contributed by atoms with Crippen molar-refractivity contribution in [2.45, 2.75) is 19.9 Å². The Labute approximate surface area is 120 Å². The van der Waals surface area contributed by atoms with Crippen molar-refractivity contribution in [2.24, 2.45) is 7.05 Å². The summed E-state index contributed by atoms with van der Waals surface area (Å²) in [6, 6.07) is 0.132. The van der Waals surface area contributed by atoms with Crippen LogP contribution in [0.25, 0.3) is 23.2 Å². The summed E-state index contributed by atoms with van der Waals surface area (Å²) < 4.78 is 3.36. The van der Waals surface area contributed by atoms with Gasteiger partial charge in [-0.2, -0.15) is 10.2 Å². The zero-order valence-electron chi connectivity index (χ0n) is 12.0. The molecule has 8 heteroatoms. The van der Waals surface area contributed by atoms with Crippen molar-refractivity contribution in [3.8, 4) is 0 Å². The summed E-state index contributed by atoms with van der Waals surface area (Å²) in [7, 11) is 1.79. The number of hydrogen-bond acceptors (Lipinski definition) is 5. The number of nitrogens with zero attached hydrogens (tertiary/aromatic N) is 6. The van der Waals surface area contributed by atoms with Gasteiger partial charge >= 0.3 is 0 Å². The van der Waals surface area contributed by atoms with Crippen molar-refractivity contribution in [3.05, 3.63) is 34.5 Å². The normalized spacial score (nSPS) is 12.0. The summed E-state index contributed by atoms with van der Waals surface area (Å²) in [5.41, 5.74) is 0.371. The minimum absolute atomic E-state index is 0.132. The summed E-state index contributed by atoms with van der Waals surface area (Å²) in [6.07, 6.45) is 6.44. The van der Waals surface area contributed by atoms with Crippen LogP contribution in [-0.4, -0.2) is 34.5 Å². The van der Waals surface area contributed by atoms with Gasteiger partial charge in [0.25, 0.3) is 5.56 Å². The van der Waals surface area contributed by atoms with Gasteiger partial charge in [-0.1, -0.05) is 0 Å². The number of rotatable bonds is 3. The summed E-state index contributed by atoms with van der Waals surface area (Å²) >= 11 is 0. The number of fused-ring (bicyclic) bond motifs is 1. The van der Waals surface area contributed by atoms with E-state index in [1.165, 1.54) is 12.5 Å². The molecule has 0 amide bonds. The van der Waals surface area contributed by atoms with Crippen LogP contribution in [0.5, 0.6) is 0 Å².